The molecular weight excluding hydrogens is 508 g/mol. The van der Waals surface area contributed by atoms with Gasteiger partial charge < -0.3 is 10.2 Å². The number of nitrogens with one attached hydrogen (secondary N) is 1. The summed E-state index contributed by atoms with van der Waals surface area (Å²) < 4.78 is 0.765. The first-order chi connectivity index (χ1) is 16.9. The Morgan fingerprint density at radius 1 is 0.971 bits per heavy atom. The Balaban J connectivity index is 1.73. The molecule has 2 heterocycles. The fourth-order valence-electron chi connectivity index (χ4n) is 4.95. The van der Waals surface area contributed by atoms with Crippen LogP contribution in [-0.2, 0) is 15.3 Å². The van der Waals surface area contributed by atoms with Gasteiger partial charge >= 0.3 is 0 Å². The highest BCUT2D eigenvalue weighted by Gasteiger charge is 2.60. The van der Waals surface area contributed by atoms with Crippen molar-refractivity contribution in [2.45, 2.75) is 19.5 Å². The molecule has 1 N–H and O–H groups in total. The number of rotatable bonds is 5. The summed E-state index contributed by atoms with van der Waals surface area (Å²) >= 11 is 3.54. The standard InChI is InChI=1S/C27H25BrN4O3/c1-3-30(4-2)24(33)17-31-23-15-14-18(28)16-21(23)27(26(31)35)29-22-13-9-8-12-20(22)25(34)32(27)19-10-6-5-7-11-19/h5-16,29H,3-4,17H2,1-2H3/t27-/m0/s1. The normalized spacial score (nSPS) is 18.4. The number of anilines is 3. The third-order valence-corrected chi connectivity index (χ3v) is 7.12. The fraction of sp³-hybridized carbons (Fsp3) is 0.222. The number of likely N-dealkylation sites (N-methyl/N-ethyl adjacent to an activating group) is 1. The second kappa shape index (κ2) is 8.85. The van der Waals surface area contributed by atoms with Gasteiger partial charge in [0.15, 0.2) is 0 Å². The van der Waals surface area contributed by atoms with Gasteiger partial charge in [0.2, 0.25) is 11.6 Å². The molecule has 0 saturated carbocycles. The van der Waals surface area contributed by atoms with Gasteiger partial charge in [0.05, 0.1) is 11.3 Å². The summed E-state index contributed by atoms with van der Waals surface area (Å²) in [6, 6.07) is 21.8. The van der Waals surface area contributed by atoms with Crippen molar-refractivity contribution in [1.29, 1.82) is 0 Å². The number of nitrogens with zero attached hydrogens (tertiary/aromatic N) is 3. The Bertz CT molecular complexity index is 1330. The monoisotopic (exact) mass is 532 g/mol. The molecule has 1 atom stereocenters. The van der Waals surface area contributed by atoms with Crippen LogP contribution in [0, 0.1) is 0 Å². The topological polar surface area (TPSA) is 73.0 Å². The van der Waals surface area contributed by atoms with Crippen LogP contribution in [0.2, 0.25) is 0 Å². The fourth-order valence-corrected chi connectivity index (χ4v) is 5.31. The highest BCUT2D eigenvalue weighted by atomic mass is 79.9. The molecule has 0 aliphatic carbocycles. The summed E-state index contributed by atoms with van der Waals surface area (Å²) in [6.07, 6.45) is 0. The first-order valence-corrected chi connectivity index (χ1v) is 12.4. The minimum Gasteiger partial charge on any atom is -0.350 e. The van der Waals surface area contributed by atoms with E-state index in [9.17, 15) is 14.4 Å². The second-order valence-electron chi connectivity index (χ2n) is 8.48. The molecule has 0 radical (unpaired) electrons. The minimum absolute atomic E-state index is 0.114. The lowest BCUT2D eigenvalue weighted by atomic mass is 9.92. The molecule has 0 aromatic heterocycles. The van der Waals surface area contributed by atoms with Gasteiger partial charge in [0.1, 0.15) is 6.54 Å². The Morgan fingerprint density at radius 2 is 1.66 bits per heavy atom. The van der Waals surface area contributed by atoms with Crippen molar-refractivity contribution >= 4 is 50.7 Å². The average Bonchev–Trinajstić information content (AvgIpc) is 3.08. The van der Waals surface area contributed by atoms with Crippen LogP contribution in [0.1, 0.15) is 29.8 Å². The number of halogens is 1. The van der Waals surface area contributed by atoms with Crippen molar-refractivity contribution in [2.24, 2.45) is 0 Å². The molecule has 2 aliphatic heterocycles. The lowest BCUT2D eigenvalue weighted by Gasteiger charge is -2.45. The van der Waals surface area contributed by atoms with E-state index in [1.165, 1.54) is 9.80 Å². The molecule has 2 aliphatic rings. The van der Waals surface area contributed by atoms with Crippen molar-refractivity contribution in [1.82, 2.24) is 4.90 Å². The first kappa shape index (κ1) is 23.1. The highest BCUT2D eigenvalue weighted by molar-refractivity contribution is 9.10. The number of amides is 3. The van der Waals surface area contributed by atoms with Crippen LogP contribution in [0.25, 0.3) is 0 Å². The van der Waals surface area contributed by atoms with Crippen LogP contribution in [0.15, 0.2) is 77.3 Å². The molecule has 178 valence electrons. The lowest BCUT2D eigenvalue weighted by molar-refractivity contribution is -0.131. The van der Waals surface area contributed by atoms with E-state index in [0.29, 0.717) is 41.3 Å². The molecule has 5 rings (SSSR count). The average molecular weight is 533 g/mol. The molecule has 3 aromatic rings. The van der Waals surface area contributed by atoms with Crippen LogP contribution >= 0.6 is 15.9 Å². The first-order valence-electron chi connectivity index (χ1n) is 11.6. The van der Waals surface area contributed by atoms with Gasteiger partial charge in [-0.25, -0.2) is 0 Å². The zero-order chi connectivity index (χ0) is 24.7. The molecule has 0 unspecified atom stereocenters. The van der Waals surface area contributed by atoms with Gasteiger partial charge in [-0.1, -0.05) is 46.3 Å². The molecule has 0 fully saturated rings. The largest absolute Gasteiger partial charge is 0.350 e. The number of fused-ring (bicyclic) bond motifs is 3. The summed E-state index contributed by atoms with van der Waals surface area (Å²) in [7, 11) is 0. The molecule has 3 aromatic carbocycles. The maximum Gasteiger partial charge on any atom is 0.279 e. The Labute approximate surface area is 212 Å². The van der Waals surface area contributed by atoms with Crippen molar-refractivity contribution in [2.75, 3.05) is 34.8 Å². The van der Waals surface area contributed by atoms with Gasteiger partial charge in [-0.3, -0.25) is 24.2 Å². The van der Waals surface area contributed by atoms with Gasteiger partial charge in [-0.05, 0) is 56.3 Å². The van der Waals surface area contributed by atoms with Gasteiger partial charge in [0, 0.05) is 34.5 Å². The molecule has 7 nitrogen and oxygen atoms in total. The number of para-hydroxylation sites is 2. The van der Waals surface area contributed by atoms with Crippen LogP contribution in [0.3, 0.4) is 0 Å². The Hall–Kier alpha value is -3.65. The van der Waals surface area contributed by atoms with Crippen molar-refractivity contribution < 1.29 is 14.4 Å². The Morgan fingerprint density at radius 3 is 2.37 bits per heavy atom. The van der Waals surface area contributed by atoms with E-state index < -0.39 is 5.66 Å². The predicted molar refractivity (Wildman–Crippen MR) is 139 cm³/mol. The predicted octanol–water partition coefficient (Wildman–Crippen LogP) is 4.59. The van der Waals surface area contributed by atoms with Crippen LogP contribution in [-0.4, -0.2) is 42.3 Å². The number of carbonyl (C=O) groups excluding carboxylic acids is 3. The summed E-state index contributed by atoms with van der Waals surface area (Å²) in [5.74, 6) is -0.817. The number of carbonyl (C=O) groups is 3. The van der Waals surface area contributed by atoms with Crippen LogP contribution < -0.4 is 15.1 Å². The maximum absolute atomic E-state index is 14.4. The van der Waals surface area contributed by atoms with Crippen LogP contribution in [0.4, 0.5) is 17.1 Å². The third-order valence-electron chi connectivity index (χ3n) is 6.63. The number of hydrogen-bond acceptors (Lipinski definition) is 4. The summed E-state index contributed by atoms with van der Waals surface area (Å²) in [5.41, 5.74) is 1.28. The highest BCUT2D eigenvalue weighted by Crippen LogP contribution is 2.50. The summed E-state index contributed by atoms with van der Waals surface area (Å²) in [4.78, 5) is 46.2. The number of benzene rings is 3. The van der Waals surface area contributed by atoms with Crippen molar-refractivity contribution in [3.05, 3.63) is 88.4 Å². The van der Waals surface area contributed by atoms with E-state index in [4.69, 9.17) is 0 Å². The molecule has 35 heavy (non-hydrogen) atoms. The maximum atomic E-state index is 14.4. The van der Waals surface area contributed by atoms with Crippen molar-refractivity contribution in [3.63, 3.8) is 0 Å². The van der Waals surface area contributed by atoms with E-state index in [0.717, 1.165) is 4.47 Å². The van der Waals surface area contributed by atoms with Gasteiger partial charge in [-0.15, -0.1) is 0 Å². The third kappa shape index (κ3) is 3.51. The summed E-state index contributed by atoms with van der Waals surface area (Å²) in [6.45, 7) is 4.81. The Kier molecular flexibility index (Phi) is 5.84. The van der Waals surface area contributed by atoms with E-state index in [-0.39, 0.29) is 24.3 Å². The van der Waals surface area contributed by atoms with E-state index in [1.807, 2.05) is 68.4 Å². The molecule has 0 bridgehead atoms. The van der Waals surface area contributed by atoms with Gasteiger partial charge in [0.25, 0.3) is 11.8 Å². The van der Waals surface area contributed by atoms with E-state index in [2.05, 4.69) is 21.2 Å². The molecule has 8 heteroatoms. The number of hydrogen-bond donors (Lipinski definition) is 1. The van der Waals surface area contributed by atoms with Crippen LogP contribution in [0.5, 0.6) is 0 Å². The summed E-state index contributed by atoms with van der Waals surface area (Å²) in [5, 5.41) is 3.41. The zero-order valence-corrected chi connectivity index (χ0v) is 21.1. The van der Waals surface area contributed by atoms with Crippen molar-refractivity contribution in [3.8, 4) is 0 Å². The molecule has 3 amide bonds. The zero-order valence-electron chi connectivity index (χ0n) is 19.5. The molecular formula is C27H25BrN4O3. The minimum atomic E-state index is -1.55. The lowest BCUT2D eigenvalue weighted by Crippen LogP contribution is -2.63. The quantitative estimate of drug-likeness (QED) is 0.521. The van der Waals surface area contributed by atoms with Gasteiger partial charge in [-0.2, -0.15) is 0 Å². The SMILES string of the molecule is CCN(CC)C(=O)CN1C(=O)[C@]2(Nc3ccccc3C(=O)N2c2ccccc2)c2cc(Br)ccc21. The molecule has 0 saturated heterocycles. The smallest absolute Gasteiger partial charge is 0.279 e. The van der Waals surface area contributed by atoms with E-state index >= 15 is 0 Å². The van der Waals surface area contributed by atoms with E-state index in [1.54, 1.807) is 23.1 Å². The second-order valence-corrected chi connectivity index (χ2v) is 9.39. The molecule has 1 spiro atoms.